The van der Waals surface area contributed by atoms with Gasteiger partial charge in [-0.05, 0) is 36.0 Å². The van der Waals surface area contributed by atoms with Gasteiger partial charge in [-0.3, -0.25) is 10.1 Å². The molecule has 0 saturated heterocycles. The van der Waals surface area contributed by atoms with Crippen LogP contribution in [0.5, 0.6) is 11.6 Å². The highest BCUT2D eigenvalue weighted by Crippen LogP contribution is 2.34. The fourth-order valence-electron chi connectivity index (χ4n) is 2.24. The van der Waals surface area contributed by atoms with Crippen LogP contribution in [0.1, 0.15) is 45.6 Å². The first kappa shape index (κ1) is 18.6. The van der Waals surface area contributed by atoms with Crippen LogP contribution in [0, 0.1) is 16.0 Å². The molecule has 1 aromatic heterocycles. The van der Waals surface area contributed by atoms with Crippen molar-refractivity contribution in [2.24, 2.45) is 5.92 Å². The molecule has 0 amide bonds. The zero-order valence-corrected chi connectivity index (χ0v) is 15.0. The Balaban J connectivity index is 2.23. The van der Waals surface area contributed by atoms with E-state index in [0.717, 1.165) is 6.42 Å². The van der Waals surface area contributed by atoms with Crippen molar-refractivity contribution in [2.45, 2.75) is 40.0 Å². The van der Waals surface area contributed by atoms with E-state index < -0.39 is 4.92 Å². The first-order valence-corrected chi connectivity index (χ1v) is 8.39. The van der Waals surface area contributed by atoms with Crippen molar-refractivity contribution in [3.8, 4) is 11.6 Å². The number of anilines is 1. The lowest BCUT2D eigenvalue weighted by Gasteiger charge is -2.11. The smallest absolute Gasteiger partial charge is 0.373 e. The molecule has 0 saturated carbocycles. The van der Waals surface area contributed by atoms with Crippen molar-refractivity contribution in [2.75, 3.05) is 11.9 Å². The number of ether oxygens (including phenoxy) is 1. The number of benzene rings is 1. The number of nitro groups is 1. The van der Waals surface area contributed by atoms with Crippen molar-refractivity contribution < 1.29 is 9.66 Å². The van der Waals surface area contributed by atoms with Gasteiger partial charge in [-0.1, -0.05) is 39.8 Å². The zero-order chi connectivity index (χ0) is 18.4. The Morgan fingerprint density at radius 3 is 2.40 bits per heavy atom. The fraction of sp³-hybridized carbons (Fsp3) is 0.444. The number of rotatable bonds is 8. The van der Waals surface area contributed by atoms with Crippen molar-refractivity contribution in [3.63, 3.8) is 0 Å². The molecule has 0 aliphatic carbocycles. The normalized spacial score (nSPS) is 11.0. The molecule has 0 radical (unpaired) electrons. The fourth-order valence-corrected chi connectivity index (χ4v) is 2.24. The summed E-state index contributed by atoms with van der Waals surface area (Å²) < 4.78 is 5.64. The van der Waals surface area contributed by atoms with Gasteiger partial charge in [-0.25, -0.2) is 4.98 Å². The minimum Gasteiger partial charge on any atom is -0.434 e. The van der Waals surface area contributed by atoms with Gasteiger partial charge in [0.2, 0.25) is 5.82 Å². The van der Waals surface area contributed by atoms with Crippen LogP contribution < -0.4 is 10.1 Å². The Hall–Kier alpha value is -2.70. The van der Waals surface area contributed by atoms with Crippen LogP contribution in [0.2, 0.25) is 0 Å². The Bertz CT molecular complexity index is 715. The summed E-state index contributed by atoms with van der Waals surface area (Å²) in [6, 6.07) is 7.45. The van der Waals surface area contributed by atoms with Gasteiger partial charge >= 0.3 is 11.6 Å². The molecule has 134 valence electrons. The quantitative estimate of drug-likeness (QED) is 0.548. The van der Waals surface area contributed by atoms with Gasteiger partial charge in [0.15, 0.2) is 0 Å². The predicted molar refractivity (Wildman–Crippen MR) is 97.2 cm³/mol. The monoisotopic (exact) mass is 344 g/mol. The van der Waals surface area contributed by atoms with Crippen molar-refractivity contribution in [1.82, 2.24) is 9.97 Å². The first-order chi connectivity index (χ1) is 11.9. The summed E-state index contributed by atoms with van der Waals surface area (Å²) in [6.45, 7) is 8.97. The highest BCUT2D eigenvalue weighted by atomic mass is 16.6. The summed E-state index contributed by atoms with van der Waals surface area (Å²) in [4.78, 5) is 18.9. The molecule has 0 bridgehead atoms. The van der Waals surface area contributed by atoms with E-state index in [1.54, 1.807) is 12.1 Å². The molecule has 1 N–H and O–H groups in total. The van der Waals surface area contributed by atoms with E-state index in [4.69, 9.17) is 4.74 Å². The zero-order valence-electron chi connectivity index (χ0n) is 15.0. The Kier molecular flexibility index (Phi) is 6.27. The van der Waals surface area contributed by atoms with Gasteiger partial charge in [-0.2, -0.15) is 4.98 Å². The van der Waals surface area contributed by atoms with Crippen LogP contribution in [-0.2, 0) is 0 Å². The molecule has 0 aliphatic rings. The van der Waals surface area contributed by atoms with Crippen LogP contribution in [0.25, 0.3) is 0 Å². The SMILES string of the molecule is CC(C)CCNc1ncnc(Oc2ccc(C(C)C)cc2)c1[N+](=O)[O-]. The average molecular weight is 344 g/mol. The Morgan fingerprint density at radius 1 is 1.16 bits per heavy atom. The number of hydrogen-bond donors (Lipinski definition) is 1. The molecule has 0 fully saturated rings. The maximum Gasteiger partial charge on any atom is 0.373 e. The number of nitrogens with zero attached hydrogens (tertiary/aromatic N) is 3. The largest absolute Gasteiger partial charge is 0.434 e. The molecule has 2 aromatic rings. The highest BCUT2D eigenvalue weighted by Gasteiger charge is 2.24. The second-order valence-electron chi connectivity index (χ2n) is 6.57. The molecule has 7 nitrogen and oxygen atoms in total. The molecular weight excluding hydrogens is 320 g/mol. The van der Waals surface area contributed by atoms with Crippen molar-refractivity contribution in [1.29, 1.82) is 0 Å². The third-order valence-electron chi connectivity index (χ3n) is 3.75. The standard InChI is InChI=1S/C18H24N4O3/c1-12(2)9-10-19-17-16(22(23)24)18(21-11-20-17)25-15-7-5-14(6-8-15)13(3)4/h5-8,11-13H,9-10H2,1-4H3,(H,19,20,21). The summed E-state index contributed by atoms with van der Waals surface area (Å²) in [5.74, 6) is 1.50. The molecular formula is C18H24N4O3. The lowest BCUT2D eigenvalue weighted by molar-refractivity contribution is -0.385. The molecule has 2 rings (SSSR count). The summed E-state index contributed by atoms with van der Waals surface area (Å²) in [6.07, 6.45) is 2.15. The van der Waals surface area contributed by atoms with Gasteiger partial charge in [0, 0.05) is 6.54 Å². The summed E-state index contributed by atoms with van der Waals surface area (Å²) >= 11 is 0. The van der Waals surface area contributed by atoms with Gasteiger partial charge in [0.1, 0.15) is 12.1 Å². The molecule has 0 unspecified atom stereocenters. The van der Waals surface area contributed by atoms with E-state index in [2.05, 4.69) is 43.0 Å². The molecule has 1 aromatic carbocycles. The Labute approximate surface area is 147 Å². The Morgan fingerprint density at radius 2 is 1.84 bits per heavy atom. The lowest BCUT2D eigenvalue weighted by Crippen LogP contribution is -2.09. The van der Waals surface area contributed by atoms with E-state index >= 15 is 0 Å². The highest BCUT2D eigenvalue weighted by molar-refractivity contribution is 5.61. The predicted octanol–water partition coefficient (Wildman–Crippen LogP) is 4.76. The van der Waals surface area contributed by atoms with E-state index in [9.17, 15) is 10.1 Å². The molecule has 0 aliphatic heterocycles. The van der Waals surface area contributed by atoms with E-state index in [1.165, 1.54) is 11.9 Å². The molecule has 7 heteroatoms. The lowest BCUT2D eigenvalue weighted by atomic mass is 10.0. The maximum atomic E-state index is 11.5. The average Bonchev–Trinajstić information content (AvgIpc) is 2.55. The van der Waals surface area contributed by atoms with Crippen molar-refractivity contribution in [3.05, 3.63) is 46.3 Å². The molecule has 1 heterocycles. The number of nitrogens with one attached hydrogen (secondary N) is 1. The summed E-state index contributed by atoms with van der Waals surface area (Å²) in [5, 5.41) is 14.5. The van der Waals surface area contributed by atoms with Gasteiger partial charge in [0.25, 0.3) is 0 Å². The second kappa shape index (κ2) is 8.41. The number of hydrogen-bond acceptors (Lipinski definition) is 6. The topological polar surface area (TPSA) is 90.2 Å². The third-order valence-corrected chi connectivity index (χ3v) is 3.75. The summed E-state index contributed by atoms with van der Waals surface area (Å²) in [5.41, 5.74) is 0.916. The van der Waals surface area contributed by atoms with E-state index in [-0.39, 0.29) is 17.4 Å². The van der Waals surface area contributed by atoms with Crippen LogP contribution in [0.4, 0.5) is 11.5 Å². The second-order valence-corrected chi connectivity index (χ2v) is 6.57. The number of aromatic nitrogens is 2. The van der Waals surface area contributed by atoms with Crippen molar-refractivity contribution >= 4 is 11.5 Å². The first-order valence-electron chi connectivity index (χ1n) is 8.39. The van der Waals surface area contributed by atoms with Crippen LogP contribution in [0.3, 0.4) is 0 Å². The minimum absolute atomic E-state index is 0.0654. The third kappa shape index (κ3) is 5.14. The minimum atomic E-state index is -0.518. The van der Waals surface area contributed by atoms with Crippen LogP contribution >= 0.6 is 0 Å². The van der Waals surface area contributed by atoms with Gasteiger partial charge in [-0.15, -0.1) is 0 Å². The van der Waals surface area contributed by atoms with E-state index in [0.29, 0.717) is 24.1 Å². The van der Waals surface area contributed by atoms with Crippen LogP contribution in [0.15, 0.2) is 30.6 Å². The van der Waals surface area contributed by atoms with Gasteiger partial charge < -0.3 is 10.1 Å². The molecule has 0 atom stereocenters. The molecule has 25 heavy (non-hydrogen) atoms. The van der Waals surface area contributed by atoms with Gasteiger partial charge in [0.05, 0.1) is 4.92 Å². The van der Waals surface area contributed by atoms with Crippen LogP contribution in [-0.4, -0.2) is 21.4 Å². The van der Waals surface area contributed by atoms with E-state index in [1.807, 2.05) is 12.1 Å². The maximum absolute atomic E-state index is 11.5. The summed E-state index contributed by atoms with van der Waals surface area (Å²) in [7, 11) is 0. The molecule has 0 spiro atoms.